The number of aryl methyl sites for hydroxylation is 2. The minimum atomic E-state index is -0.162. The molecule has 2 rings (SSSR count). The van der Waals surface area contributed by atoms with E-state index in [9.17, 15) is 4.39 Å². The van der Waals surface area contributed by atoms with Crippen LogP contribution in [0.15, 0.2) is 35.7 Å². The van der Waals surface area contributed by atoms with Gasteiger partial charge in [0, 0.05) is 10.9 Å². The molecule has 0 amide bonds. The largest absolute Gasteiger partial charge is 0.324 e. The topological polar surface area (TPSA) is 26.0 Å². The average Bonchev–Trinajstić information content (AvgIpc) is 2.85. The smallest absolute Gasteiger partial charge is 0.126 e. The van der Waals surface area contributed by atoms with Crippen LogP contribution in [0.25, 0.3) is 0 Å². The third kappa shape index (κ3) is 3.40. The summed E-state index contributed by atoms with van der Waals surface area (Å²) in [5, 5.41) is 2.10. The fraction of sp³-hybridized carbons (Fsp3) is 0.333. The van der Waals surface area contributed by atoms with Crippen molar-refractivity contribution >= 4 is 11.3 Å². The van der Waals surface area contributed by atoms with Crippen molar-refractivity contribution in [3.05, 3.63) is 57.5 Å². The summed E-state index contributed by atoms with van der Waals surface area (Å²) in [5.74, 6) is -0.162. The van der Waals surface area contributed by atoms with Gasteiger partial charge in [0.2, 0.25) is 0 Å². The normalized spacial score (nSPS) is 12.6. The van der Waals surface area contributed by atoms with Crippen LogP contribution in [0.4, 0.5) is 4.39 Å². The molecule has 0 saturated carbocycles. The second kappa shape index (κ2) is 6.12. The zero-order chi connectivity index (χ0) is 13.0. The Morgan fingerprint density at radius 3 is 2.83 bits per heavy atom. The molecule has 0 aliphatic rings. The van der Waals surface area contributed by atoms with Gasteiger partial charge in [-0.2, -0.15) is 0 Å². The minimum absolute atomic E-state index is 0.00395. The lowest BCUT2D eigenvalue weighted by molar-refractivity contribution is 0.599. The molecule has 0 radical (unpaired) electrons. The number of rotatable bonds is 5. The molecule has 0 aliphatic heterocycles. The van der Waals surface area contributed by atoms with Crippen LogP contribution in [0, 0.1) is 12.7 Å². The molecule has 1 aromatic carbocycles. The van der Waals surface area contributed by atoms with Crippen molar-refractivity contribution in [3.63, 3.8) is 0 Å². The van der Waals surface area contributed by atoms with E-state index in [1.807, 2.05) is 6.07 Å². The lowest BCUT2D eigenvalue weighted by atomic mass is 10.00. The van der Waals surface area contributed by atoms with Crippen molar-refractivity contribution in [2.24, 2.45) is 5.73 Å². The number of thiophene rings is 1. The van der Waals surface area contributed by atoms with Gasteiger partial charge in [-0.3, -0.25) is 0 Å². The molecule has 1 aromatic heterocycles. The number of halogens is 1. The summed E-state index contributed by atoms with van der Waals surface area (Å²) in [4.78, 5) is 1.40. The van der Waals surface area contributed by atoms with Gasteiger partial charge in [0.25, 0.3) is 0 Å². The Balaban J connectivity index is 1.87. The van der Waals surface area contributed by atoms with E-state index in [2.05, 4.69) is 17.5 Å². The zero-order valence-corrected chi connectivity index (χ0v) is 11.3. The first kappa shape index (κ1) is 13.2. The minimum Gasteiger partial charge on any atom is -0.324 e. The number of hydrogen-bond acceptors (Lipinski definition) is 2. The Bertz CT molecular complexity index is 493. The first-order chi connectivity index (χ1) is 8.66. The molecule has 1 heterocycles. The van der Waals surface area contributed by atoms with E-state index in [0.29, 0.717) is 5.56 Å². The van der Waals surface area contributed by atoms with Crippen LogP contribution in [-0.4, -0.2) is 0 Å². The molecule has 0 spiro atoms. The number of benzene rings is 1. The van der Waals surface area contributed by atoms with Crippen LogP contribution in [-0.2, 0) is 6.42 Å². The molecule has 0 bridgehead atoms. The van der Waals surface area contributed by atoms with Crippen LogP contribution < -0.4 is 5.73 Å². The van der Waals surface area contributed by atoms with Crippen LogP contribution >= 0.6 is 11.3 Å². The first-order valence-corrected chi connectivity index (χ1v) is 7.09. The molecule has 1 unspecified atom stereocenters. The van der Waals surface area contributed by atoms with Crippen LogP contribution in [0.3, 0.4) is 0 Å². The van der Waals surface area contributed by atoms with Gasteiger partial charge in [-0.05, 0) is 54.8 Å². The summed E-state index contributed by atoms with van der Waals surface area (Å²) in [7, 11) is 0. The lowest BCUT2D eigenvalue weighted by Crippen LogP contribution is -2.10. The molecule has 1 nitrogen and oxygen atoms in total. The van der Waals surface area contributed by atoms with Gasteiger partial charge in [0.05, 0.1) is 0 Å². The van der Waals surface area contributed by atoms with Crippen LogP contribution in [0.1, 0.15) is 34.9 Å². The Hall–Kier alpha value is -1.19. The maximum Gasteiger partial charge on any atom is 0.126 e. The van der Waals surface area contributed by atoms with Crippen molar-refractivity contribution in [1.82, 2.24) is 0 Å². The van der Waals surface area contributed by atoms with Gasteiger partial charge in [0.1, 0.15) is 5.82 Å². The van der Waals surface area contributed by atoms with E-state index in [4.69, 9.17) is 5.73 Å². The fourth-order valence-corrected chi connectivity index (χ4v) is 2.77. The van der Waals surface area contributed by atoms with E-state index in [0.717, 1.165) is 24.8 Å². The molecular formula is C15H18FNS. The van der Waals surface area contributed by atoms with Crippen LogP contribution in [0.2, 0.25) is 0 Å². The van der Waals surface area contributed by atoms with Crippen molar-refractivity contribution in [1.29, 1.82) is 0 Å². The van der Waals surface area contributed by atoms with E-state index in [-0.39, 0.29) is 11.9 Å². The van der Waals surface area contributed by atoms with E-state index < -0.39 is 0 Å². The predicted molar refractivity (Wildman–Crippen MR) is 75.3 cm³/mol. The summed E-state index contributed by atoms with van der Waals surface area (Å²) < 4.78 is 13.2. The highest BCUT2D eigenvalue weighted by molar-refractivity contribution is 7.09. The molecule has 96 valence electrons. The van der Waals surface area contributed by atoms with E-state index in [1.54, 1.807) is 24.3 Å². The van der Waals surface area contributed by atoms with Gasteiger partial charge >= 0.3 is 0 Å². The maximum absolute atomic E-state index is 13.2. The highest BCUT2D eigenvalue weighted by atomic mass is 32.1. The quantitative estimate of drug-likeness (QED) is 0.858. The molecule has 2 N–H and O–H groups in total. The van der Waals surface area contributed by atoms with Crippen molar-refractivity contribution in [2.75, 3.05) is 0 Å². The monoisotopic (exact) mass is 263 g/mol. The average molecular weight is 263 g/mol. The standard InChI is InChI=1S/C15H18FNS/c1-11-10-12(7-8-14(11)16)15(17)6-2-4-13-5-3-9-18-13/h3,5,7-10,15H,2,4,6,17H2,1H3. The highest BCUT2D eigenvalue weighted by Gasteiger charge is 2.08. The molecule has 0 aliphatic carbocycles. The first-order valence-electron chi connectivity index (χ1n) is 6.21. The Kier molecular flexibility index (Phi) is 4.50. The molecule has 1 atom stereocenters. The van der Waals surface area contributed by atoms with Crippen molar-refractivity contribution in [3.8, 4) is 0 Å². The van der Waals surface area contributed by atoms with Gasteiger partial charge in [-0.15, -0.1) is 11.3 Å². The van der Waals surface area contributed by atoms with Crippen LogP contribution in [0.5, 0.6) is 0 Å². The second-order valence-electron chi connectivity index (χ2n) is 4.59. The summed E-state index contributed by atoms with van der Waals surface area (Å²) in [5.41, 5.74) is 7.83. The SMILES string of the molecule is Cc1cc(C(N)CCCc2cccs2)ccc1F. The molecule has 0 saturated heterocycles. The van der Waals surface area contributed by atoms with E-state index in [1.165, 1.54) is 10.9 Å². The molecule has 2 aromatic rings. The maximum atomic E-state index is 13.2. The third-order valence-electron chi connectivity index (χ3n) is 3.13. The summed E-state index contributed by atoms with van der Waals surface area (Å²) >= 11 is 1.78. The summed E-state index contributed by atoms with van der Waals surface area (Å²) in [6.07, 6.45) is 3.08. The lowest BCUT2D eigenvalue weighted by Gasteiger charge is -2.12. The predicted octanol–water partition coefficient (Wildman–Crippen LogP) is 4.22. The molecule has 3 heteroatoms. The third-order valence-corrected chi connectivity index (χ3v) is 4.06. The summed E-state index contributed by atoms with van der Waals surface area (Å²) in [6, 6.07) is 9.37. The fourth-order valence-electron chi connectivity index (χ4n) is 2.02. The molecular weight excluding hydrogens is 245 g/mol. The zero-order valence-electron chi connectivity index (χ0n) is 10.5. The Labute approximate surface area is 111 Å². The van der Waals surface area contributed by atoms with Gasteiger partial charge in [0.15, 0.2) is 0 Å². The molecule has 0 fully saturated rings. The summed E-state index contributed by atoms with van der Waals surface area (Å²) in [6.45, 7) is 1.78. The van der Waals surface area contributed by atoms with Crippen molar-refractivity contribution in [2.45, 2.75) is 32.2 Å². The molecule has 18 heavy (non-hydrogen) atoms. The number of nitrogens with two attached hydrogens (primary N) is 1. The Morgan fingerprint density at radius 2 is 2.17 bits per heavy atom. The van der Waals surface area contributed by atoms with Gasteiger partial charge < -0.3 is 5.73 Å². The highest BCUT2D eigenvalue weighted by Crippen LogP contribution is 2.20. The number of hydrogen-bond donors (Lipinski definition) is 1. The van der Waals surface area contributed by atoms with Gasteiger partial charge in [-0.1, -0.05) is 18.2 Å². The Morgan fingerprint density at radius 1 is 1.33 bits per heavy atom. The van der Waals surface area contributed by atoms with Crippen molar-refractivity contribution < 1.29 is 4.39 Å². The van der Waals surface area contributed by atoms with Gasteiger partial charge in [-0.25, -0.2) is 4.39 Å². The van der Waals surface area contributed by atoms with E-state index >= 15 is 0 Å². The second-order valence-corrected chi connectivity index (χ2v) is 5.62.